The summed E-state index contributed by atoms with van der Waals surface area (Å²) >= 11 is 0. The molecule has 0 amide bonds. The second-order valence-corrected chi connectivity index (χ2v) is 9.48. The molecule has 3 aromatic heterocycles. The largest absolute Gasteiger partial charge is 0.346 e. The molecule has 1 aliphatic carbocycles. The van der Waals surface area contributed by atoms with Gasteiger partial charge in [0, 0.05) is 37.4 Å². The summed E-state index contributed by atoms with van der Waals surface area (Å²) in [5.41, 5.74) is 1.68. The molecule has 27 heavy (non-hydrogen) atoms. The Balaban J connectivity index is 1.67. The average Bonchev–Trinajstić information content (AvgIpc) is 3.26. The summed E-state index contributed by atoms with van der Waals surface area (Å²) in [7, 11) is -0.285. The number of nitrogens with one attached hydrogen (secondary N) is 1. The minimum atomic E-state index is -3.35. The molecule has 0 unspecified atom stereocenters. The van der Waals surface area contributed by atoms with Crippen LogP contribution in [0.1, 0.15) is 19.3 Å². The number of sulfonamides is 1. The van der Waals surface area contributed by atoms with Gasteiger partial charge in [0.25, 0.3) is 0 Å². The van der Waals surface area contributed by atoms with E-state index in [0.717, 1.165) is 22.3 Å². The fraction of sp³-hybridized carbons (Fsp3) is 0.412. The van der Waals surface area contributed by atoms with Crippen molar-refractivity contribution in [3.63, 3.8) is 0 Å². The lowest BCUT2D eigenvalue weighted by molar-refractivity contribution is 0.131. The van der Waals surface area contributed by atoms with E-state index in [1.54, 1.807) is 17.1 Å². The third-order valence-electron chi connectivity index (χ3n) is 5.25. The molecule has 0 aliphatic heterocycles. The summed E-state index contributed by atoms with van der Waals surface area (Å²) in [6.45, 7) is 0. The predicted molar refractivity (Wildman–Crippen MR) is 98.9 cm³/mol. The fourth-order valence-electron chi connectivity index (χ4n) is 3.66. The van der Waals surface area contributed by atoms with Crippen LogP contribution in [0, 0.1) is 11.3 Å². The molecule has 0 radical (unpaired) electrons. The van der Waals surface area contributed by atoms with Crippen LogP contribution < -0.4 is 0 Å². The second-order valence-electron chi connectivity index (χ2n) is 7.05. The molecule has 0 aromatic carbocycles. The van der Waals surface area contributed by atoms with Crippen molar-refractivity contribution in [3.8, 4) is 17.3 Å². The van der Waals surface area contributed by atoms with Crippen LogP contribution in [-0.4, -0.2) is 56.8 Å². The fourth-order valence-corrected chi connectivity index (χ4v) is 5.30. The maximum Gasteiger partial charge on any atom is 0.216 e. The molecule has 0 saturated heterocycles. The minimum Gasteiger partial charge on any atom is -0.346 e. The zero-order chi connectivity index (χ0) is 19.2. The molecule has 1 aliphatic rings. The number of rotatable bonds is 5. The number of aromatic amines is 1. The van der Waals surface area contributed by atoms with Gasteiger partial charge in [-0.1, -0.05) is 0 Å². The van der Waals surface area contributed by atoms with E-state index in [1.165, 1.54) is 24.7 Å². The van der Waals surface area contributed by atoms with E-state index in [1.807, 2.05) is 12.3 Å². The molecule has 0 atom stereocenters. The zero-order valence-corrected chi connectivity index (χ0v) is 15.8. The summed E-state index contributed by atoms with van der Waals surface area (Å²) in [4.78, 5) is 11.6. The van der Waals surface area contributed by atoms with Crippen LogP contribution in [-0.2, 0) is 15.6 Å². The van der Waals surface area contributed by atoms with Gasteiger partial charge in [-0.15, -0.1) is 0 Å². The van der Waals surface area contributed by atoms with Crippen molar-refractivity contribution < 1.29 is 8.42 Å². The van der Waals surface area contributed by atoms with Crippen LogP contribution in [0.25, 0.3) is 22.3 Å². The third kappa shape index (κ3) is 2.70. The van der Waals surface area contributed by atoms with E-state index < -0.39 is 20.8 Å². The van der Waals surface area contributed by atoms with Crippen molar-refractivity contribution >= 4 is 21.1 Å². The molecular weight excluding hydrogens is 366 g/mol. The zero-order valence-electron chi connectivity index (χ0n) is 15.0. The predicted octanol–water partition coefficient (Wildman–Crippen LogP) is 1.48. The lowest BCUT2D eigenvalue weighted by atomic mass is 9.74. The smallest absolute Gasteiger partial charge is 0.216 e. The molecule has 0 bridgehead atoms. The maximum absolute atomic E-state index is 12.4. The van der Waals surface area contributed by atoms with Gasteiger partial charge in [-0.05, 0) is 18.9 Å². The van der Waals surface area contributed by atoms with Gasteiger partial charge in [0.15, 0.2) is 0 Å². The van der Waals surface area contributed by atoms with Crippen LogP contribution in [0.3, 0.4) is 0 Å². The first-order chi connectivity index (χ1) is 12.9. The van der Waals surface area contributed by atoms with Crippen molar-refractivity contribution in [1.29, 1.82) is 5.26 Å². The lowest BCUT2D eigenvalue weighted by Crippen LogP contribution is -2.54. The van der Waals surface area contributed by atoms with Gasteiger partial charge in [-0.3, -0.25) is 4.68 Å². The van der Waals surface area contributed by atoms with Gasteiger partial charge in [0.05, 0.1) is 35.2 Å². The number of H-pyrrole nitrogens is 1. The SMILES string of the molecule is CN(C)S(=O)(=O)[C@H]1C[C@](CC#N)(n2cc(-c3ncnc4[nH]ccc34)cn2)C1. The topological polar surface area (TPSA) is 121 Å². The number of hydrogen-bond acceptors (Lipinski definition) is 6. The number of fused-ring (bicyclic) bond motifs is 1. The van der Waals surface area contributed by atoms with Crippen molar-refractivity contribution in [2.45, 2.75) is 30.1 Å². The molecule has 10 heteroatoms. The second kappa shape index (κ2) is 6.14. The molecule has 9 nitrogen and oxygen atoms in total. The number of nitriles is 1. The van der Waals surface area contributed by atoms with Gasteiger partial charge < -0.3 is 4.98 Å². The van der Waals surface area contributed by atoms with Gasteiger partial charge in [0.1, 0.15) is 12.0 Å². The van der Waals surface area contributed by atoms with Crippen LogP contribution >= 0.6 is 0 Å². The highest BCUT2D eigenvalue weighted by molar-refractivity contribution is 7.89. The summed E-state index contributed by atoms with van der Waals surface area (Å²) in [5, 5.41) is 14.1. The number of nitrogens with zero attached hydrogens (tertiary/aromatic N) is 6. The normalized spacial score (nSPS) is 22.7. The Morgan fingerprint density at radius 1 is 1.41 bits per heavy atom. The molecule has 140 valence electrons. The average molecular weight is 385 g/mol. The Bertz CT molecular complexity index is 1130. The van der Waals surface area contributed by atoms with Crippen molar-refractivity contribution in [3.05, 3.63) is 31.0 Å². The van der Waals surface area contributed by atoms with Crippen LogP contribution in [0.4, 0.5) is 0 Å². The van der Waals surface area contributed by atoms with E-state index in [9.17, 15) is 13.7 Å². The third-order valence-corrected chi connectivity index (χ3v) is 7.44. The Morgan fingerprint density at radius 2 is 2.19 bits per heavy atom. The first-order valence-corrected chi connectivity index (χ1v) is 10.00. The lowest BCUT2D eigenvalue weighted by Gasteiger charge is -2.46. The monoisotopic (exact) mass is 385 g/mol. The molecule has 4 rings (SSSR count). The van der Waals surface area contributed by atoms with Crippen molar-refractivity contribution in [2.24, 2.45) is 0 Å². The molecular formula is C17H19N7O2S. The summed E-state index contributed by atoms with van der Waals surface area (Å²) in [6, 6.07) is 4.08. The molecule has 3 heterocycles. The molecule has 3 aromatic rings. The highest BCUT2D eigenvalue weighted by atomic mass is 32.2. The number of aromatic nitrogens is 5. The molecule has 1 fully saturated rings. The maximum atomic E-state index is 12.4. The van der Waals surface area contributed by atoms with Gasteiger partial charge in [-0.2, -0.15) is 10.4 Å². The van der Waals surface area contributed by atoms with E-state index in [-0.39, 0.29) is 6.42 Å². The highest BCUT2D eigenvalue weighted by Gasteiger charge is 2.52. The van der Waals surface area contributed by atoms with Crippen LogP contribution in [0.2, 0.25) is 0 Å². The minimum absolute atomic E-state index is 0.205. The first-order valence-electron chi connectivity index (χ1n) is 8.49. The van der Waals surface area contributed by atoms with E-state index >= 15 is 0 Å². The first kappa shape index (κ1) is 17.6. The van der Waals surface area contributed by atoms with E-state index in [2.05, 4.69) is 26.1 Å². The van der Waals surface area contributed by atoms with Crippen molar-refractivity contribution in [2.75, 3.05) is 14.1 Å². The van der Waals surface area contributed by atoms with Gasteiger partial charge in [-0.25, -0.2) is 22.7 Å². The molecule has 1 N–H and O–H groups in total. The molecule has 1 saturated carbocycles. The Kier molecular flexibility index (Phi) is 4.01. The van der Waals surface area contributed by atoms with Crippen LogP contribution in [0.5, 0.6) is 0 Å². The van der Waals surface area contributed by atoms with E-state index in [0.29, 0.717) is 12.8 Å². The van der Waals surface area contributed by atoms with Crippen LogP contribution in [0.15, 0.2) is 31.0 Å². The number of hydrogen-bond donors (Lipinski definition) is 1. The highest BCUT2D eigenvalue weighted by Crippen LogP contribution is 2.46. The van der Waals surface area contributed by atoms with Gasteiger partial charge in [0.2, 0.25) is 10.0 Å². The van der Waals surface area contributed by atoms with Crippen molar-refractivity contribution in [1.82, 2.24) is 29.0 Å². The van der Waals surface area contributed by atoms with E-state index in [4.69, 9.17) is 0 Å². The summed E-state index contributed by atoms with van der Waals surface area (Å²) in [5.74, 6) is 0. The Labute approximate surface area is 156 Å². The molecule has 0 spiro atoms. The summed E-state index contributed by atoms with van der Waals surface area (Å²) in [6.07, 6.45) is 7.76. The quantitative estimate of drug-likeness (QED) is 0.710. The Morgan fingerprint density at radius 3 is 2.89 bits per heavy atom. The standard InChI is InChI=1S/C17H19N7O2S/c1-23(2)27(25,26)13-7-17(8-13,4-5-18)24-10-12(9-22-24)15-14-3-6-19-16(14)21-11-20-15/h3,6,9-11,13H,4,7-8H2,1-2H3,(H,19,20,21)/t13-,17-. The summed E-state index contributed by atoms with van der Waals surface area (Å²) < 4.78 is 27.7. The Hall–Kier alpha value is -2.77. The van der Waals surface area contributed by atoms with Gasteiger partial charge >= 0.3 is 0 Å².